The van der Waals surface area contributed by atoms with Gasteiger partial charge < -0.3 is 10.2 Å². The van der Waals surface area contributed by atoms with E-state index in [0.717, 1.165) is 40.9 Å². The third-order valence-corrected chi connectivity index (χ3v) is 5.98. The van der Waals surface area contributed by atoms with Crippen LogP contribution in [0.4, 0.5) is 11.4 Å². The number of benzene rings is 3. The van der Waals surface area contributed by atoms with Gasteiger partial charge in [0.05, 0.1) is 11.6 Å². The number of carbonyl (C=O) groups is 2. The second-order valence-electron chi connectivity index (χ2n) is 8.33. The highest BCUT2D eigenvalue weighted by Crippen LogP contribution is 2.30. The zero-order chi connectivity index (χ0) is 23.0. The molecular formula is C28H27N3O2. The third-order valence-electron chi connectivity index (χ3n) is 5.98. The number of aryl methyl sites for hydroxylation is 3. The molecule has 5 nitrogen and oxygen atoms in total. The van der Waals surface area contributed by atoms with Crippen molar-refractivity contribution in [3.8, 4) is 6.07 Å². The second kappa shape index (κ2) is 10.6. The normalized spacial score (nSPS) is 12.5. The minimum atomic E-state index is -0.00929. The minimum absolute atomic E-state index is 0.00929. The summed E-state index contributed by atoms with van der Waals surface area (Å²) in [6, 6.07) is 25.3. The maximum Gasteiger partial charge on any atom is 0.227 e. The van der Waals surface area contributed by atoms with Crippen LogP contribution in [0.25, 0.3) is 0 Å². The lowest BCUT2D eigenvalue weighted by atomic mass is 9.99. The Bertz CT molecular complexity index is 1160. The first-order valence-corrected chi connectivity index (χ1v) is 11.4. The van der Waals surface area contributed by atoms with Crippen LogP contribution in [0.5, 0.6) is 0 Å². The van der Waals surface area contributed by atoms with Gasteiger partial charge in [-0.25, -0.2) is 0 Å². The van der Waals surface area contributed by atoms with Crippen LogP contribution in [-0.4, -0.2) is 18.4 Å². The first-order valence-electron chi connectivity index (χ1n) is 11.4. The average Bonchev–Trinajstić information content (AvgIpc) is 2.86. The zero-order valence-corrected chi connectivity index (χ0v) is 18.6. The highest BCUT2D eigenvalue weighted by molar-refractivity contribution is 5.96. The first-order chi connectivity index (χ1) is 16.1. The van der Waals surface area contributed by atoms with Crippen LogP contribution in [0.15, 0.2) is 72.8 Å². The minimum Gasteiger partial charge on any atom is -0.326 e. The van der Waals surface area contributed by atoms with E-state index in [1.165, 1.54) is 0 Å². The van der Waals surface area contributed by atoms with E-state index in [1.807, 2.05) is 65.6 Å². The number of nitrogens with one attached hydrogen (secondary N) is 1. The maximum absolute atomic E-state index is 12.9. The average molecular weight is 438 g/mol. The van der Waals surface area contributed by atoms with Gasteiger partial charge in [-0.1, -0.05) is 42.5 Å². The van der Waals surface area contributed by atoms with Gasteiger partial charge in [0.25, 0.3) is 0 Å². The molecule has 0 saturated carbocycles. The Kier molecular flexibility index (Phi) is 7.16. The lowest BCUT2D eigenvalue weighted by molar-refractivity contribution is -0.118. The van der Waals surface area contributed by atoms with Crippen molar-refractivity contribution in [2.24, 2.45) is 0 Å². The molecule has 0 spiro atoms. The molecule has 3 aromatic rings. The van der Waals surface area contributed by atoms with Crippen LogP contribution >= 0.6 is 0 Å². The molecule has 0 bridgehead atoms. The number of anilines is 2. The summed E-state index contributed by atoms with van der Waals surface area (Å²) in [5.74, 6) is 0.0879. The van der Waals surface area contributed by atoms with E-state index in [4.69, 9.17) is 5.26 Å². The van der Waals surface area contributed by atoms with E-state index in [-0.39, 0.29) is 11.8 Å². The summed E-state index contributed by atoms with van der Waals surface area (Å²) in [5, 5.41) is 11.9. The van der Waals surface area contributed by atoms with E-state index in [9.17, 15) is 9.59 Å². The lowest BCUT2D eigenvalue weighted by Crippen LogP contribution is -2.35. The van der Waals surface area contributed by atoms with Gasteiger partial charge >= 0.3 is 0 Å². The molecule has 0 radical (unpaired) electrons. The quantitative estimate of drug-likeness (QED) is 0.563. The van der Waals surface area contributed by atoms with Gasteiger partial charge in [0.15, 0.2) is 0 Å². The summed E-state index contributed by atoms with van der Waals surface area (Å²) in [6.07, 6.45) is 4.00. The number of hydrogen-bond acceptors (Lipinski definition) is 3. The fourth-order valence-electron chi connectivity index (χ4n) is 4.19. The summed E-state index contributed by atoms with van der Waals surface area (Å²) in [4.78, 5) is 27.2. The summed E-state index contributed by atoms with van der Waals surface area (Å²) in [7, 11) is 0. The topological polar surface area (TPSA) is 73.2 Å². The van der Waals surface area contributed by atoms with Crippen molar-refractivity contribution in [3.05, 3.63) is 95.1 Å². The maximum atomic E-state index is 12.9. The van der Waals surface area contributed by atoms with E-state index in [0.29, 0.717) is 37.8 Å². The van der Waals surface area contributed by atoms with E-state index in [2.05, 4.69) is 11.4 Å². The molecule has 0 fully saturated rings. The van der Waals surface area contributed by atoms with Crippen molar-refractivity contribution in [1.82, 2.24) is 0 Å². The van der Waals surface area contributed by atoms with Crippen molar-refractivity contribution in [2.75, 3.05) is 16.8 Å². The lowest BCUT2D eigenvalue weighted by Gasteiger charge is -2.30. The smallest absolute Gasteiger partial charge is 0.227 e. The number of nitrogens with zero attached hydrogens (tertiary/aromatic N) is 2. The first kappa shape index (κ1) is 22.3. The molecule has 1 aliphatic heterocycles. The zero-order valence-electron chi connectivity index (χ0n) is 18.6. The van der Waals surface area contributed by atoms with Crippen molar-refractivity contribution in [1.29, 1.82) is 5.26 Å². The summed E-state index contributed by atoms with van der Waals surface area (Å²) in [5.41, 5.74) is 5.63. The van der Waals surface area contributed by atoms with Crippen LogP contribution in [0.1, 0.15) is 41.5 Å². The molecule has 0 saturated heterocycles. The molecule has 1 N–H and O–H groups in total. The molecule has 1 heterocycles. The van der Waals surface area contributed by atoms with Gasteiger partial charge in [0.1, 0.15) is 0 Å². The predicted molar refractivity (Wildman–Crippen MR) is 130 cm³/mol. The standard InChI is InChI=1S/C28H27N3O2/c29-20-23-10-8-22(9-11-23)13-17-28(33)31-18-4-7-24-19-25(14-15-26(24)31)30-27(32)16-12-21-5-2-1-3-6-21/h1-3,5-6,8-11,14-15,19H,4,7,12-13,16-18H2,(H,30,32). The summed E-state index contributed by atoms with van der Waals surface area (Å²) >= 11 is 0. The monoisotopic (exact) mass is 437 g/mol. The molecule has 3 aromatic carbocycles. The van der Waals surface area contributed by atoms with Crippen LogP contribution < -0.4 is 10.2 Å². The summed E-state index contributed by atoms with van der Waals surface area (Å²) in [6.45, 7) is 0.710. The number of hydrogen-bond donors (Lipinski definition) is 1. The third kappa shape index (κ3) is 5.87. The van der Waals surface area contributed by atoms with E-state index >= 15 is 0 Å². The van der Waals surface area contributed by atoms with Crippen LogP contribution in [0.3, 0.4) is 0 Å². The van der Waals surface area contributed by atoms with Crippen molar-refractivity contribution in [2.45, 2.75) is 38.5 Å². The molecule has 0 aliphatic carbocycles. The molecule has 0 atom stereocenters. The number of rotatable bonds is 7. The SMILES string of the molecule is N#Cc1ccc(CCC(=O)N2CCCc3cc(NC(=O)CCc4ccccc4)ccc32)cc1. The molecule has 33 heavy (non-hydrogen) atoms. The molecular weight excluding hydrogens is 410 g/mol. The Morgan fingerprint density at radius 2 is 1.64 bits per heavy atom. The van der Waals surface area contributed by atoms with Crippen LogP contribution in [0, 0.1) is 11.3 Å². The Balaban J connectivity index is 1.35. The molecule has 2 amide bonds. The van der Waals surface area contributed by atoms with E-state index < -0.39 is 0 Å². The van der Waals surface area contributed by atoms with Crippen molar-refractivity contribution in [3.63, 3.8) is 0 Å². The second-order valence-corrected chi connectivity index (χ2v) is 8.33. The van der Waals surface area contributed by atoms with Gasteiger partial charge in [-0.3, -0.25) is 9.59 Å². The van der Waals surface area contributed by atoms with Gasteiger partial charge in [-0.2, -0.15) is 5.26 Å². The molecule has 5 heteroatoms. The molecule has 4 rings (SSSR count). The van der Waals surface area contributed by atoms with Crippen molar-refractivity contribution < 1.29 is 9.59 Å². The Morgan fingerprint density at radius 3 is 2.39 bits per heavy atom. The summed E-state index contributed by atoms with van der Waals surface area (Å²) < 4.78 is 0. The molecule has 0 aromatic heterocycles. The fourth-order valence-corrected chi connectivity index (χ4v) is 4.19. The van der Waals surface area contributed by atoms with Crippen LogP contribution in [0.2, 0.25) is 0 Å². The fraction of sp³-hybridized carbons (Fsp3) is 0.250. The number of nitriles is 1. The Hall–Kier alpha value is -3.91. The van der Waals surface area contributed by atoms with E-state index in [1.54, 1.807) is 12.1 Å². The molecule has 1 aliphatic rings. The van der Waals surface area contributed by atoms with Gasteiger partial charge in [-0.05, 0) is 72.7 Å². The number of carbonyl (C=O) groups excluding carboxylic acids is 2. The van der Waals surface area contributed by atoms with Gasteiger partial charge in [0.2, 0.25) is 11.8 Å². The Morgan fingerprint density at radius 1 is 0.909 bits per heavy atom. The molecule has 166 valence electrons. The highest BCUT2D eigenvalue weighted by atomic mass is 16.2. The van der Waals surface area contributed by atoms with Crippen LogP contribution in [-0.2, 0) is 28.9 Å². The highest BCUT2D eigenvalue weighted by Gasteiger charge is 2.22. The van der Waals surface area contributed by atoms with Gasteiger partial charge in [0, 0.05) is 30.8 Å². The largest absolute Gasteiger partial charge is 0.326 e. The molecule has 0 unspecified atom stereocenters. The van der Waals surface area contributed by atoms with Crippen molar-refractivity contribution >= 4 is 23.2 Å². The number of fused-ring (bicyclic) bond motifs is 1. The number of amides is 2. The van der Waals surface area contributed by atoms with Gasteiger partial charge in [-0.15, -0.1) is 0 Å². The predicted octanol–water partition coefficient (Wildman–Crippen LogP) is 5.04. The Labute approximate surface area is 194 Å².